The first-order chi connectivity index (χ1) is 14.0. The van der Waals surface area contributed by atoms with Crippen LogP contribution in [0.25, 0.3) is 0 Å². The van der Waals surface area contributed by atoms with Gasteiger partial charge in [-0.25, -0.2) is 9.48 Å². The number of hydrogen-bond donors (Lipinski definition) is 5. The molecule has 0 saturated heterocycles. The number of aromatic nitrogens is 3. The lowest BCUT2D eigenvalue weighted by atomic mass is 9.72. The maximum atomic E-state index is 11.4. The summed E-state index contributed by atoms with van der Waals surface area (Å²) in [6, 6.07) is 4.98. The van der Waals surface area contributed by atoms with Crippen molar-refractivity contribution in [3.8, 4) is 5.75 Å². The minimum Gasteiger partial charge on any atom is -0.534 e. The molecule has 29 heavy (non-hydrogen) atoms. The lowest BCUT2D eigenvalue weighted by Crippen LogP contribution is -2.52. The van der Waals surface area contributed by atoms with E-state index in [0.29, 0.717) is 31.7 Å². The molecule has 0 bridgehead atoms. The van der Waals surface area contributed by atoms with Gasteiger partial charge in [-0.15, -0.1) is 5.10 Å². The van der Waals surface area contributed by atoms with Gasteiger partial charge in [0.15, 0.2) is 0 Å². The first kappa shape index (κ1) is 21.2. The van der Waals surface area contributed by atoms with Crippen molar-refractivity contribution < 1.29 is 19.6 Å². The zero-order valence-corrected chi connectivity index (χ0v) is 16.2. The van der Waals surface area contributed by atoms with Crippen molar-refractivity contribution in [1.29, 1.82) is 0 Å². The number of rotatable bonds is 10. The summed E-state index contributed by atoms with van der Waals surface area (Å²) in [5.41, 5.74) is 12.8. The summed E-state index contributed by atoms with van der Waals surface area (Å²) in [7, 11) is -1.15. The summed E-state index contributed by atoms with van der Waals surface area (Å²) >= 11 is 0. The number of carboxylic acid groups (broad SMARTS) is 1. The summed E-state index contributed by atoms with van der Waals surface area (Å²) in [6.45, 7) is 1.49. The fourth-order valence-electron chi connectivity index (χ4n) is 3.49. The van der Waals surface area contributed by atoms with Gasteiger partial charge >= 0.3 is 13.1 Å². The van der Waals surface area contributed by atoms with Crippen molar-refractivity contribution in [2.75, 3.05) is 13.1 Å². The summed E-state index contributed by atoms with van der Waals surface area (Å²) in [6.07, 6.45) is 4.99. The van der Waals surface area contributed by atoms with Gasteiger partial charge < -0.3 is 31.6 Å². The Kier molecular flexibility index (Phi) is 7.21. The Morgan fingerprint density at radius 1 is 1.41 bits per heavy atom. The van der Waals surface area contributed by atoms with E-state index in [0.717, 1.165) is 24.8 Å². The Labute approximate surface area is 169 Å². The van der Waals surface area contributed by atoms with Crippen molar-refractivity contribution in [3.05, 3.63) is 41.2 Å². The Balaban J connectivity index is 1.68. The molecule has 0 amide bonds. The van der Waals surface area contributed by atoms with Crippen LogP contribution in [0.4, 0.5) is 0 Å². The molecule has 0 radical (unpaired) electrons. The normalized spacial score (nSPS) is 16.9. The number of aromatic carboxylic acids is 1. The van der Waals surface area contributed by atoms with Crippen LogP contribution in [0.2, 0.25) is 0 Å². The molecule has 2 atom stereocenters. The van der Waals surface area contributed by atoms with E-state index in [4.69, 9.17) is 16.1 Å². The highest BCUT2D eigenvalue weighted by Gasteiger charge is 2.36. The Morgan fingerprint density at radius 3 is 2.93 bits per heavy atom. The van der Waals surface area contributed by atoms with Crippen LogP contribution >= 0.6 is 0 Å². The van der Waals surface area contributed by atoms with Crippen LogP contribution in [0.3, 0.4) is 0 Å². The number of para-hydroxylation sites is 1. The second-order valence-corrected chi connectivity index (χ2v) is 7.16. The van der Waals surface area contributed by atoms with Crippen molar-refractivity contribution in [1.82, 2.24) is 20.3 Å². The Morgan fingerprint density at radius 2 is 2.24 bits per heavy atom. The van der Waals surface area contributed by atoms with Crippen LogP contribution in [0.15, 0.2) is 24.4 Å². The van der Waals surface area contributed by atoms with Gasteiger partial charge in [-0.05, 0) is 37.4 Å². The topological polar surface area (TPSA) is 162 Å². The predicted octanol–water partition coefficient (Wildman–Crippen LogP) is -0.282. The number of carbonyl (C=O) groups is 1. The highest BCUT2D eigenvalue weighted by Crippen LogP contribution is 2.30. The second kappa shape index (κ2) is 9.83. The summed E-state index contributed by atoms with van der Waals surface area (Å²) in [5.74, 6) is -1.22. The first-order valence-corrected chi connectivity index (χ1v) is 9.77. The molecule has 0 fully saturated rings. The van der Waals surface area contributed by atoms with Gasteiger partial charge in [0, 0.05) is 13.1 Å². The molecule has 156 valence electrons. The van der Waals surface area contributed by atoms with Crippen molar-refractivity contribution >= 4 is 13.1 Å². The summed E-state index contributed by atoms with van der Waals surface area (Å²) in [5, 5.41) is 31.3. The monoisotopic (exact) mass is 402 g/mol. The van der Waals surface area contributed by atoms with Crippen LogP contribution in [0.1, 0.15) is 46.9 Å². The molecule has 1 aliphatic rings. The molecule has 2 heterocycles. The molecule has 0 unspecified atom stereocenters. The third-order valence-electron chi connectivity index (χ3n) is 5.10. The maximum Gasteiger partial charge on any atom is 0.541 e. The molecule has 10 nitrogen and oxygen atoms in total. The minimum atomic E-state index is -1.15. The van der Waals surface area contributed by atoms with E-state index in [9.17, 15) is 14.9 Å². The van der Waals surface area contributed by atoms with Gasteiger partial charge in [0.2, 0.25) is 0 Å². The van der Waals surface area contributed by atoms with Gasteiger partial charge in [0.25, 0.3) is 0 Å². The zero-order chi connectivity index (χ0) is 20.8. The number of nitrogens with one attached hydrogen (secondary N) is 1. The molecule has 7 N–H and O–H groups in total. The molecule has 0 saturated carbocycles. The molecule has 2 aromatic rings. The van der Waals surface area contributed by atoms with Crippen molar-refractivity contribution in [2.24, 2.45) is 11.5 Å². The lowest BCUT2D eigenvalue weighted by molar-refractivity contribution is 0.0694. The number of hydrogen-bond acceptors (Lipinski definition) is 8. The van der Waals surface area contributed by atoms with E-state index in [-0.39, 0.29) is 23.3 Å². The quantitative estimate of drug-likeness (QED) is 0.266. The predicted molar refractivity (Wildman–Crippen MR) is 107 cm³/mol. The van der Waals surface area contributed by atoms with Crippen molar-refractivity contribution in [2.45, 2.75) is 44.2 Å². The van der Waals surface area contributed by atoms with E-state index in [2.05, 4.69) is 15.6 Å². The van der Waals surface area contributed by atoms with E-state index >= 15 is 0 Å². The smallest absolute Gasteiger partial charge is 0.534 e. The van der Waals surface area contributed by atoms with Crippen LogP contribution in [0.5, 0.6) is 5.75 Å². The van der Waals surface area contributed by atoms with Crippen molar-refractivity contribution in [3.63, 3.8) is 0 Å². The lowest BCUT2D eigenvalue weighted by Gasteiger charge is -2.30. The van der Waals surface area contributed by atoms with Crippen LogP contribution in [-0.4, -0.2) is 57.2 Å². The van der Waals surface area contributed by atoms with E-state index in [1.807, 2.05) is 12.3 Å². The summed E-state index contributed by atoms with van der Waals surface area (Å²) in [4.78, 5) is 11.4. The number of nitrogens with two attached hydrogens (primary N) is 2. The van der Waals surface area contributed by atoms with Gasteiger partial charge in [-0.2, -0.15) is 0 Å². The fraction of sp³-hybridized carbons (Fsp3) is 0.500. The number of carboxylic acids is 1. The standard InChI is InChI=1S/C18H27BN6O4/c20-7-2-1-5-14(25-11-13(9-21)23-24-25)10-22-16-8-12-4-3-6-15(18(26)27)17(12)29-19(16)28/h3-4,6,11,14,16,22,28H,1-2,5,7-10,20-21H2,(H,26,27)/t14-,16-/m0/s1. The Bertz CT molecular complexity index is 832. The third kappa shape index (κ3) is 5.12. The SMILES string of the molecule is NCCCC[C@@H](CN[C@H]1Cc2cccc(C(=O)O)c2OB1O)n1cc(CN)nn1. The molecule has 11 heteroatoms. The van der Waals surface area contributed by atoms with Gasteiger partial charge in [0.1, 0.15) is 5.75 Å². The average molecular weight is 402 g/mol. The van der Waals surface area contributed by atoms with E-state index < -0.39 is 13.1 Å². The zero-order valence-electron chi connectivity index (χ0n) is 16.2. The first-order valence-electron chi connectivity index (χ1n) is 9.77. The number of fused-ring (bicyclic) bond motifs is 1. The largest absolute Gasteiger partial charge is 0.541 e. The molecule has 1 aromatic carbocycles. The molecule has 1 aromatic heterocycles. The highest BCUT2D eigenvalue weighted by molar-refractivity contribution is 6.46. The molecule has 0 aliphatic carbocycles. The molecule has 0 spiro atoms. The number of nitrogens with zero attached hydrogens (tertiary/aromatic N) is 3. The van der Waals surface area contributed by atoms with E-state index in [1.54, 1.807) is 10.7 Å². The molecule has 1 aliphatic heterocycles. The fourth-order valence-corrected chi connectivity index (χ4v) is 3.49. The number of unbranched alkanes of at least 4 members (excludes halogenated alkanes) is 1. The van der Waals surface area contributed by atoms with Gasteiger partial charge in [0.05, 0.1) is 29.4 Å². The molecular weight excluding hydrogens is 375 g/mol. The minimum absolute atomic E-state index is 0.0216. The number of benzene rings is 1. The van der Waals surface area contributed by atoms with Crippen LogP contribution < -0.4 is 21.4 Å². The molecule has 3 rings (SSSR count). The average Bonchev–Trinajstić information content (AvgIpc) is 3.19. The second-order valence-electron chi connectivity index (χ2n) is 7.16. The third-order valence-corrected chi connectivity index (χ3v) is 5.10. The van der Waals surface area contributed by atoms with Crippen LogP contribution in [-0.2, 0) is 13.0 Å². The highest BCUT2D eigenvalue weighted by atomic mass is 16.5. The Hall–Kier alpha value is -2.47. The summed E-state index contributed by atoms with van der Waals surface area (Å²) < 4.78 is 7.33. The van der Waals surface area contributed by atoms with Crippen LogP contribution in [0, 0.1) is 0 Å². The molecular formula is C18H27BN6O4. The maximum absolute atomic E-state index is 11.4. The van der Waals surface area contributed by atoms with Gasteiger partial charge in [-0.1, -0.05) is 23.8 Å². The van der Waals surface area contributed by atoms with Gasteiger partial charge in [-0.3, -0.25) is 0 Å². The van der Waals surface area contributed by atoms with E-state index in [1.165, 1.54) is 6.07 Å².